The number of methoxy groups -OCH3 is 1. The molecule has 0 unspecified atom stereocenters. The van der Waals surface area contributed by atoms with Crippen LogP contribution in [0, 0.1) is 5.82 Å². The fraction of sp³-hybridized carbons (Fsp3) is 0.150. The van der Waals surface area contributed by atoms with E-state index in [0.717, 1.165) is 6.07 Å². The van der Waals surface area contributed by atoms with Gasteiger partial charge in [-0.3, -0.25) is 5.32 Å². The minimum absolute atomic E-state index is 0.0747. The normalized spacial score (nSPS) is 11.0. The molecule has 9 nitrogen and oxygen atoms in total. The quantitative estimate of drug-likeness (QED) is 0.472. The molecule has 0 saturated carbocycles. The van der Waals surface area contributed by atoms with Crippen molar-refractivity contribution < 1.29 is 27.1 Å². The van der Waals surface area contributed by atoms with Gasteiger partial charge in [-0.2, -0.15) is 8.78 Å². The van der Waals surface area contributed by atoms with Crippen LogP contribution >= 0.6 is 0 Å². The number of carbonyl (C=O) groups excluding carboxylic acids is 1. The minimum atomic E-state index is -2.90. The number of rotatable bonds is 6. The van der Waals surface area contributed by atoms with Crippen LogP contribution < -0.4 is 5.32 Å². The molecular weight excluding hydrogens is 429 g/mol. The van der Waals surface area contributed by atoms with Crippen molar-refractivity contribution in [3.63, 3.8) is 0 Å². The zero-order chi connectivity index (χ0) is 22.7. The van der Waals surface area contributed by atoms with E-state index in [4.69, 9.17) is 4.42 Å². The van der Waals surface area contributed by atoms with Gasteiger partial charge in [-0.1, -0.05) is 23.4 Å². The van der Waals surface area contributed by atoms with Gasteiger partial charge in [-0.15, -0.1) is 15.3 Å². The van der Waals surface area contributed by atoms with Gasteiger partial charge in [0.1, 0.15) is 11.5 Å². The fourth-order valence-corrected chi connectivity index (χ4v) is 2.86. The maximum absolute atomic E-state index is 14.6. The lowest BCUT2D eigenvalue weighted by Crippen LogP contribution is -2.10. The molecule has 0 aliphatic rings. The van der Waals surface area contributed by atoms with Gasteiger partial charge < -0.3 is 9.15 Å². The number of nitrogens with zero attached hydrogens (tertiary/aromatic N) is 5. The van der Waals surface area contributed by atoms with E-state index in [1.807, 2.05) is 0 Å². The summed E-state index contributed by atoms with van der Waals surface area (Å²) < 4.78 is 50.6. The average Bonchev–Trinajstić information content (AvgIpc) is 3.45. The molecule has 0 fully saturated rings. The Morgan fingerprint density at radius 2 is 2.00 bits per heavy atom. The van der Waals surface area contributed by atoms with Gasteiger partial charge in [0.25, 0.3) is 5.89 Å². The van der Waals surface area contributed by atoms with E-state index in [1.54, 1.807) is 30.5 Å². The predicted octanol–water partition coefficient (Wildman–Crippen LogP) is 4.30. The van der Waals surface area contributed by atoms with Crippen molar-refractivity contribution in [2.45, 2.75) is 13.0 Å². The lowest BCUT2D eigenvalue weighted by molar-refractivity contribution is 0.116. The topological polar surface area (TPSA) is 108 Å². The first-order valence-electron chi connectivity index (χ1n) is 9.19. The Bertz CT molecular complexity index is 1260. The molecule has 0 atom stereocenters. The van der Waals surface area contributed by atoms with Gasteiger partial charge in [0.2, 0.25) is 5.89 Å². The average molecular weight is 444 g/mol. The first-order chi connectivity index (χ1) is 15.4. The van der Waals surface area contributed by atoms with Crippen molar-refractivity contribution in [2.24, 2.45) is 0 Å². The molecule has 164 valence electrons. The van der Waals surface area contributed by atoms with E-state index >= 15 is 0 Å². The van der Waals surface area contributed by atoms with Gasteiger partial charge in [0.15, 0.2) is 0 Å². The number of anilines is 1. The Morgan fingerprint density at radius 1 is 1.16 bits per heavy atom. The summed E-state index contributed by atoms with van der Waals surface area (Å²) in [5.41, 5.74) is 2.19. The zero-order valence-corrected chi connectivity index (χ0v) is 16.5. The summed E-state index contributed by atoms with van der Waals surface area (Å²) in [7, 11) is 1.26. The molecule has 0 aliphatic carbocycles. The highest BCUT2D eigenvalue weighted by Gasteiger charge is 2.18. The molecule has 1 N–H and O–H groups in total. The molecule has 0 bridgehead atoms. The molecule has 12 heteroatoms. The van der Waals surface area contributed by atoms with Gasteiger partial charge in [0, 0.05) is 22.4 Å². The van der Waals surface area contributed by atoms with Crippen LogP contribution in [-0.2, 0) is 11.3 Å². The van der Waals surface area contributed by atoms with Crippen LogP contribution in [0.5, 0.6) is 0 Å². The number of hydrogen-bond donors (Lipinski definition) is 1. The minimum Gasteiger partial charge on any atom is -0.453 e. The maximum Gasteiger partial charge on any atom is 0.411 e. The Hall–Kier alpha value is -4.22. The molecule has 2 aromatic heterocycles. The van der Waals surface area contributed by atoms with Crippen molar-refractivity contribution in [1.29, 1.82) is 0 Å². The van der Waals surface area contributed by atoms with Crippen LogP contribution in [0.25, 0.3) is 22.7 Å². The van der Waals surface area contributed by atoms with Crippen molar-refractivity contribution in [3.05, 3.63) is 65.9 Å². The second kappa shape index (κ2) is 8.88. The van der Waals surface area contributed by atoms with Crippen molar-refractivity contribution in [2.75, 3.05) is 12.4 Å². The third-order valence-electron chi connectivity index (χ3n) is 4.39. The van der Waals surface area contributed by atoms with Crippen molar-refractivity contribution >= 4 is 11.8 Å². The molecule has 1 amide bonds. The van der Waals surface area contributed by atoms with Crippen LogP contribution in [-0.4, -0.2) is 38.4 Å². The van der Waals surface area contributed by atoms with Gasteiger partial charge >= 0.3 is 12.5 Å². The number of hydrogen-bond acceptors (Lipinski definition) is 7. The SMILES string of the molecule is COC(=O)Nc1cccc(-c2cn(Cc3ccc(-c4nnc(C(F)F)o4)cc3F)nn2)c1. The summed E-state index contributed by atoms with van der Waals surface area (Å²) in [6.45, 7) is 0.0747. The van der Waals surface area contributed by atoms with Crippen LogP contribution in [0.4, 0.5) is 23.7 Å². The number of nitrogens with one attached hydrogen (secondary N) is 1. The molecule has 4 rings (SSSR count). The monoisotopic (exact) mass is 444 g/mol. The van der Waals surface area contributed by atoms with Crippen LogP contribution in [0.1, 0.15) is 17.9 Å². The summed E-state index contributed by atoms with van der Waals surface area (Å²) in [6, 6.07) is 11.0. The highest BCUT2D eigenvalue weighted by atomic mass is 19.3. The lowest BCUT2D eigenvalue weighted by Gasteiger charge is -2.05. The largest absolute Gasteiger partial charge is 0.453 e. The van der Waals surface area contributed by atoms with Crippen LogP contribution in [0.2, 0.25) is 0 Å². The fourth-order valence-electron chi connectivity index (χ4n) is 2.86. The zero-order valence-electron chi connectivity index (χ0n) is 16.5. The van der Waals surface area contributed by atoms with E-state index in [1.165, 1.54) is 23.9 Å². The molecule has 0 spiro atoms. The highest BCUT2D eigenvalue weighted by molar-refractivity contribution is 5.85. The number of amides is 1. The van der Waals surface area contributed by atoms with Crippen LogP contribution in [0.3, 0.4) is 0 Å². The molecule has 0 saturated heterocycles. The number of benzene rings is 2. The Labute approximate surface area is 178 Å². The smallest absolute Gasteiger partial charge is 0.411 e. The van der Waals surface area contributed by atoms with E-state index in [2.05, 4.69) is 30.6 Å². The predicted molar refractivity (Wildman–Crippen MR) is 105 cm³/mol. The number of ether oxygens (including phenoxy) is 1. The van der Waals surface area contributed by atoms with E-state index < -0.39 is 24.2 Å². The summed E-state index contributed by atoms with van der Waals surface area (Å²) in [5, 5.41) is 17.4. The number of aromatic nitrogens is 5. The second-order valence-electron chi connectivity index (χ2n) is 6.55. The summed E-state index contributed by atoms with van der Waals surface area (Å²) in [6.07, 6.45) is -1.88. The first kappa shape index (κ1) is 21.0. The summed E-state index contributed by atoms with van der Waals surface area (Å²) in [4.78, 5) is 11.4. The first-order valence-corrected chi connectivity index (χ1v) is 9.19. The summed E-state index contributed by atoms with van der Waals surface area (Å²) in [5.74, 6) is -1.62. The number of alkyl halides is 2. The van der Waals surface area contributed by atoms with E-state index in [-0.39, 0.29) is 18.0 Å². The molecule has 0 aliphatic heterocycles. The maximum atomic E-state index is 14.6. The van der Waals surface area contributed by atoms with E-state index in [9.17, 15) is 18.0 Å². The van der Waals surface area contributed by atoms with Crippen molar-refractivity contribution in [3.8, 4) is 22.7 Å². The molecule has 4 aromatic rings. The third-order valence-corrected chi connectivity index (χ3v) is 4.39. The van der Waals surface area contributed by atoms with Gasteiger partial charge in [-0.25, -0.2) is 13.9 Å². The second-order valence-corrected chi connectivity index (χ2v) is 6.55. The summed E-state index contributed by atoms with van der Waals surface area (Å²) >= 11 is 0. The van der Waals surface area contributed by atoms with Crippen LogP contribution in [0.15, 0.2) is 53.1 Å². The molecule has 0 radical (unpaired) electrons. The Balaban J connectivity index is 1.50. The number of carbonyl (C=O) groups is 1. The van der Waals surface area contributed by atoms with Crippen molar-refractivity contribution in [1.82, 2.24) is 25.2 Å². The highest BCUT2D eigenvalue weighted by Crippen LogP contribution is 2.25. The molecule has 32 heavy (non-hydrogen) atoms. The standard InChI is InChI=1S/C20H15F3N6O3/c1-31-20(30)24-14-4-2-3-11(7-14)16-10-29(28-25-16)9-13-6-5-12(8-15(13)21)18-26-27-19(32-18)17(22)23/h2-8,10,17H,9H2,1H3,(H,24,30). The Kier molecular flexibility index (Phi) is 5.83. The molecular formula is C20H15F3N6O3. The number of halogens is 3. The molecule has 2 heterocycles. The Morgan fingerprint density at radius 3 is 2.72 bits per heavy atom. The van der Waals surface area contributed by atoms with Gasteiger partial charge in [-0.05, 0) is 24.3 Å². The van der Waals surface area contributed by atoms with E-state index in [0.29, 0.717) is 22.5 Å². The lowest BCUT2D eigenvalue weighted by atomic mass is 10.1. The third kappa shape index (κ3) is 4.58. The molecule has 2 aromatic carbocycles. The van der Waals surface area contributed by atoms with Gasteiger partial charge in [0.05, 0.1) is 19.9 Å².